The Kier molecular flexibility index (Phi) is 7.46. The minimum atomic E-state index is -0.262. The summed E-state index contributed by atoms with van der Waals surface area (Å²) in [7, 11) is 0. The van der Waals surface area contributed by atoms with Crippen molar-refractivity contribution in [3.8, 4) is 5.75 Å². The number of nitrogens with one attached hydrogen (secondary N) is 2. The molecule has 3 aromatic carbocycles. The van der Waals surface area contributed by atoms with E-state index in [1.165, 1.54) is 12.1 Å². The lowest BCUT2D eigenvalue weighted by Gasteiger charge is -2.14. The number of amides is 1. The van der Waals surface area contributed by atoms with Crippen molar-refractivity contribution < 1.29 is 13.9 Å². The van der Waals surface area contributed by atoms with E-state index in [0.717, 1.165) is 32.7 Å². The maximum atomic E-state index is 13.1. The topological polar surface area (TPSA) is 50.4 Å². The van der Waals surface area contributed by atoms with Crippen LogP contribution in [0.3, 0.4) is 0 Å². The van der Waals surface area contributed by atoms with Crippen molar-refractivity contribution in [2.45, 2.75) is 27.0 Å². The molecule has 0 spiro atoms. The van der Waals surface area contributed by atoms with Crippen molar-refractivity contribution in [2.75, 3.05) is 10.6 Å². The highest BCUT2D eigenvalue weighted by molar-refractivity contribution is 9.10. The fourth-order valence-electron chi connectivity index (χ4n) is 2.72. The fourth-order valence-corrected chi connectivity index (χ4v) is 3.13. The lowest BCUT2D eigenvalue weighted by Crippen LogP contribution is -2.17. The molecule has 0 aromatic heterocycles. The molecule has 0 saturated heterocycles. The maximum absolute atomic E-state index is 13.1. The minimum absolute atomic E-state index is 0.00668. The van der Waals surface area contributed by atoms with Crippen LogP contribution in [-0.2, 0) is 17.9 Å². The van der Waals surface area contributed by atoms with Crippen LogP contribution in [0.15, 0.2) is 71.2 Å². The predicted octanol–water partition coefficient (Wildman–Crippen LogP) is 6.37. The van der Waals surface area contributed by atoms with Crippen molar-refractivity contribution in [3.63, 3.8) is 0 Å². The number of ether oxygens (including phenoxy) is 1. The van der Waals surface area contributed by atoms with Crippen LogP contribution in [0.5, 0.6) is 5.75 Å². The van der Waals surface area contributed by atoms with E-state index in [0.29, 0.717) is 13.2 Å². The normalized spacial score (nSPS) is 10.7. The van der Waals surface area contributed by atoms with E-state index in [1.807, 2.05) is 56.3 Å². The molecule has 30 heavy (non-hydrogen) atoms. The molecule has 6 heteroatoms. The molecule has 0 fully saturated rings. The van der Waals surface area contributed by atoms with Crippen molar-refractivity contribution in [1.29, 1.82) is 0 Å². The Morgan fingerprint density at radius 3 is 2.33 bits per heavy atom. The van der Waals surface area contributed by atoms with E-state index in [9.17, 15) is 9.18 Å². The standard InChI is InChI=1S/C24H24BrFN2O2/c1-16(2)24(29)28-22-10-8-21(9-11-22)27-14-18-13-19(25)5-12-23(18)30-15-17-3-6-20(26)7-4-17/h3-13,16,27H,14-15H2,1-2H3,(H,28,29). The Hall–Kier alpha value is -2.86. The lowest BCUT2D eigenvalue weighted by molar-refractivity contribution is -0.118. The SMILES string of the molecule is CC(C)C(=O)Nc1ccc(NCc2cc(Br)ccc2OCc2ccc(F)cc2)cc1. The highest BCUT2D eigenvalue weighted by atomic mass is 79.9. The molecule has 0 atom stereocenters. The molecule has 3 aromatic rings. The smallest absolute Gasteiger partial charge is 0.226 e. The molecular formula is C24H24BrFN2O2. The van der Waals surface area contributed by atoms with Crippen molar-refractivity contribution in [2.24, 2.45) is 5.92 Å². The Morgan fingerprint density at radius 1 is 1.00 bits per heavy atom. The van der Waals surface area contributed by atoms with Crippen molar-refractivity contribution in [3.05, 3.63) is 88.1 Å². The average molecular weight is 471 g/mol. The van der Waals surface area contributed by atoms with Gasteiger partial charge < -0.3 is 15.4 Å². The molecule has 1 amide bonds. The summed E-state index contributed by atoms with van der Waals surface area (Å²) in [6.07, 6.45) is 0. The van der Waals surface area contributed by atoms with Crippen LogP contribution in [0.25, 0.3) is 0 Å². The third-order valence-corrected chi connectivity index (χ3v) is 4.98. The number of anilines is 2. The summed E-state index contributed by atoms with van der Waals surface area (Å²) in [4.78, 5) is 11.8. The van der Waals surface area contributed by atoms with Gasteiger partial charge in [0, 0.05) is 33.9 Å². The molecule has 0 aliphatic carbocycles. The molecule has 0 aliphatic rings. The van der Waals surface area contributed by atoms with E-state index in [-0.39, 0.29) is 17.6 Å². The van der Waals surface area contributed by atoms with Gasteiger partial charge in [0.15, 0.2) is 0 Å². The quantitative estimate of drug-likeness (QED) is 0.401. The van der Waals surface area contributed by atoms with Crippen LogP contribution in [-0.4, -0.2) is 5.91 Å². The van der Waals surface area contributed by atoms with Gasteiger partial charge in [-0.15, -0.1) is 0 Å². The first-order valence-corrected chi connectivity index (χ1v) is 10.5. The molecule has 0 heterocycles. The number of halogens is 2. The molecule has 0 unspecified atom stereocenters. The molecule has 0 saturated carbocycles. The summed E-state index contributed by atoms with van der Waals surface area (Å²) < 4.78 is 20.0. The zero-order valence-electron chi connectivity index (χ0n) is 16.9. The zero-order valence-corrected chi connectivity index (χ0v) is 18.5. The summed E-state index contributed by atoms with van der Waals surface area (Å²) in [6, 6.07) is 19.7. The van der Waals surface area contributed by atoms with Crippen LogP contribution in [0.2, 0.25) is 0 Å². The number of hydrogen-bond acceptors (Lipinski definition) is 3. The predicted molar refractivity (Wildman–Crippen MR) is 122 cm³/mol. The van der Waals surface area contributed by atoms with Crippen LogP contribution in [0, 0.1) is 11.7 Å². The zero-order chi connectivity index (χ0) is 21.5. The molecule has 0 radical (unpaired) electrons. The van der Waals surface area contributed by atoms with Crippen LogP contribution >= 0.6 is 15.9 Å². The van der Waals surface area contributed by atoms with Gasteiger partial charge in [-0.05, 0) is 60.2 Å². The van der Waals surface area contributed by atoms with E-state index in [2.05, 4.69) is 26.6 Å². The molecule has 0 bridgehead atoms. The van der Waals surface area contributed by atoms with E-state index >= 15 is 0 Å². The molecule has 3 rings (SSSR count). The van der Waals surface area contributed by atoms with Gasteiger partial charge in [-0.3, -0.25) is 4.79 Å². The Bertz CT molecular complexity index is 989. The third-order valence-electron chi connectivity index (χ3n) is 4.49. The number of rotatable bonds is 8. The van der Waals surface area contributed by atoms with Crippen LogP contribution < -0.4 is 15.4 Å². The monoisotopic (exact) mass is 470 g/mol. The van der Waals surface area contributed by atoms with Gasteiger partial charge in [0.05, 0.1) is 0 Å². The first kappa shape index (κ1) is 21.8. The highest BCUT2D eigenvalue weighted by Gasteiger charge is 2.08. The Labute approximate surface area is 184 Å². The Morgan fingerprint density at radius 2 is 1.67 bits per heavy atom. The van der Waals surface area contributed by atoms with E-state index in [4.69, 9.17) is 4.74 Å². The van der Waals surface area contributed by atoms with Gasteiger partial charge in [-0.1, -0.05) is 41.9 Å². The second-order valence-corrected chi connectivity index (χ2v) is 8.16. The minimum Gasteiger partial charge on any atom is -0.489 e. The van der Waals surface area contributed by atoms with E-state index < -0.39 is 0 Å². The third kappa shape index (κ3) is 6.32. The lowest BCUT2D eigenvalue weighted by atomic mass is 10.1. The second-order valence-electron chi connectivity index (χ2n) is 7.24. The summed E-state index contributed by atoms with van der Waals surface area (Å²) in [5.74, 6) is 0.429. The van der Waals surface area contributed by atoms with Crippen molar-refractivity contribution >= 4 is 33.2 Å². The molecule has 0 aliphatic heterocycles. The second kappa shape index (κ2) is 10.3. The van der Waals surface area contributed by atoms with Crippen molar-refractivity contribution in [1.82, 2.24) is 0 Å². The summed E-state index contributed by atoms with van der Waals surface area (Å²) >= 11 is 3.51. The number of benzene rings is 3. The van der Waals surface area contributed by atoms with Gasteiger partial charge in [0.25, 0.3) is 0 Å². The summed E-state index contributed by atoms with van der Waals surface area (Å²) in [5.41, 5.74) is 3.59. The largest absolute Gasteiger partial charge is 0.489 e. The van der Waals surface area contributed by atoms with Gasteiger partial charge in [0.2, 0.25) is 5.91 Å². The highest BCUT2D eigenvalue weighted by Crippen LogP contribution is 2.25. The molecule has 4 nitrogen and oxygen atoms in total. The van der Waals surface area contributed by atoms with Gasteiger partial charge >= 0.3 is 0 Å². The van der Waals surface area contributed by atoms with Gasteiger partial charge in [0.1, 0.15) is 18.2 Å². The molecular weight excluding hydrogens is 447 g/mol. The summed E-state index contributed by atoms with van der Waals surface area (Å²) in [5, 5.41) is 6.25. The van der Waals surface area contributed by atoms with Crippen LogP contribution in [0.1, 0.15) is 25.0 Å². The summed E-state index contributed by atoms with van der Waals surface area (Å²) in [6.45, 7) is 4.65. The van der Waals surface area contributed by atoms with Gasteiger partial charge in [-0.2, -0.15) is 0 Å². The first-order chi connectivity index (χ1) is 14.4. The number of hydrogen-bond donors (Lipinski definition) is 2. The molecule has 2 N–H and O–H groups in total. The molecule has 156 valence electrons. The first-order valence-electron chi connectivity index (χ1n) is 9.71. The fraction of sp³-hybridized carbons (Fsp3) is 0.208. The maximum Gasteiger partial charge on any atom is 0.226 e. The Balaban J connectivity index is 1.62. The number of carbonyl (C=O) groups excluding carboxylic acids is 1. The van der Waals surface area contributed by atoms with Crippen LogP contribution in [0.4, 0.5) is 15.8 Å². The average Bonchev–Trinajstić information content (AvgIpc) is 2.73. The van der Waals surface area contributed by atoms with E-state index in [1.54, 1.807) is 12.1 Å². The van der Waals surface area contributed by atoms with Gasteiger partial charge in [-0.25, -0.2) is 4.39 Å². The number of carbonyl (C=O) groups is 1.